The summed E-state index contributed by atoms with van der Waals surface area (Å²) in [4.78, 5) is 2.13. The van der Waals surface area contributed by atoms with Crippen LogP contribution in [-0.2, 0) is 6.42 Å². The summed E-state index contributed by atoms with van der Waals surface area (Å²) < 4.78 is 0. The van der Waals surface area contributed by atoms with E-state index in [1.54, 1.807) is 0 Å². The maximum atomic E-state index is 10.1. The van der Waals surface area contributed by atoms with Crippen molar-refractivity contribution in [2.24, 2.45) is 5.73 Å². The first-order chi connectivity index (χ1) is 9.67. The smallest absolute Gasteiger partial charge is 0.0821 e. The van der Waals surface area contributed by atoms with Crippen molar-refractivity contribution >= 4 is 0 Å². The standard InChI is InChI=1S/C15H24N2O.C2H6/c1-3-10-17(4-2)12-15(18)14(16)11-13-8-6-5-7-9-13;1-2/h3,5-9,14-15,18H,1,4,10-12,16H2,2H3;1-2H3/t14-,15+;/m0./s1. The minimum atomic E-state index is -0.509. The van der Waals surface area contributed by atoms with Crippen LogP contribution >= 0.6 is 0 Å². The molecule has 0 radical (unpaired) electrons. The third kappa shape index (κ3) is 7.43. The van der Waals surface area contributed by atoms with Gasteiger partial charge in [-0.2, -0.15) is 0 Å². The van der Waals surface area contributed by atoms with Crippen LogP contribution in [0.3, 0.4) is 0 Å². The number of aliphatic hydroxyl groups excluding tert-OH is 1. The molecule has 0 amide bonds. The summed E-state index contributed by atoms with van der Waals surface area (Å²) in [5.74, 6) is 0. The summed E-state index contributed by atoms with van der Waals surface area (Å²) >= 11 is 0. The summed E-state index contributed by atoms with van der Waals surface area (Å²) in [6.07, 6.45) is 2.04. The molecule has 3 nitrogen and oxygen atoms in total. The Bertz CT molecular complexity index is 340. The summed E-state index contributed by atoms with van der Waals surface area (Å²) in [5, 5.41) is 10.1. The highest BCUT2D eigenvalue weighted by atomic mass is 16.3. The number of nitrogens with zero attached hydrogens (tertiary/aromatic N) is 1. The van der Waals surface area contributed by atoms with Gasteiger partial charge in [0.15, 0.2) is 0 Å². The molecule has 1 aromatic carbocycles. The van der Waals surface area contributed by atoms with Crippen molar-refractivity contribution in [1.82, 2.24) is 4.90 Å². The van der Waals surface area contributed by atoms with Gasteiger partial charge in [0.05, 0.1) is 6.10 Å². The molecular weight excluding hydrogens is 248 g/mol. The van der Waals surface area contributed by atoms with Gasteiger partial charge >= 0.3 is 0 Å². The maximum Gasteiger partial charge on any atom is 0.0821 e. The van der Waals surface area contributed by atoms with Crippen LogP contribution in [0, 0.1) is 0 Å². The maximum absolute atomic E-state index is 10.1. The zero-order valence-corrected chi connectivity index (χ0v) is 13.1. The predicted octanol–water partition coefficient (Wildman–Crippen LogP) is 2.45. The number of rotatable bonds is 8. The average molecular weight is 278 g/mol. The molecular formula is C17H30N2O. The molecule has 1 rings (SSSR count). The van der Waals surface area contributed by atoms with Gasteiger partial charge in [-0.15, -0.1) is 6.58 Å². The van der Waals surface area contributed by atoms with Crippen molar-refractivity contribution in [3.8, 4) is 0 Å². The van der Waals surface area contributed by atoms with Gasteiger partial charge in [-0.25, -0.2) is 0 Å². The Labute approximate surface area is 124 Å². The molecule has 20 heavy (non-hydrogen) atoms. The molecule has 0 aliphatic carbocycles. The Kier molecular flexibility index (Phi) is 11.0. The molecule has 1 aromatic rings. The molecule has 0 fully saturated rings. The Morgan fingerprint density at radius 1 is 1.30 bits per heavy atom. The second-order valence-electron chi connectivity index (χ2n) is 4.56. The normalized spacial score (nSPS) is 13.3. The second-order valence-corrected chi connectivity index (χ2v) is 4.56. The first-order valence-corrected chi connectivity index (χ1v) is 7.48. The quantitative estimate of drug-likeness (QED) is 0.718. The lowest BCUT2D eigenvalue weighted by Crippen LogP contribution is -2.44. The molecule has 2 atom stereocenters. The monoisotopic (exact) mass is 278 g/mol. The minimum absolute atomic E-state index is 0.230. The van der Waals surface area contributed by atoms with Crippen LogP contribution in [0.15, 0.2) is 43.0 Å². The van der Waals surface area contributed by atoms with E-state index in [1.165, 1.54) is 0 Å². The van der Waals surface area contributed by atoms with Crippen LogP contribution in [0.5, 0.6) is 0 Å². The minimum Gasteiger partial charge on any atom is -0.390 e. The first kappa shape index (κ1) is 18.8. The largest absolute Gasteiger partial charge is 0.390 e. The molecule has 0 aliphatic heterocycles. The topological polar surface area (TPSA) is 49.5 Å². The number of benzene rings is 1. The third-order valence-corrected chi connectivity index (χ3v) is 3.09. The molecule has 0 bridgehead atoms. The molecule has 3 heteroatoms. The molecule has 0 heterocycles. The van der Waals surface area contributed by atoms with E-state index in [9.17, 15) is 5.11 Å². The number of aliphatic hydroxyl groups is 1. The fourth-order valence-electron chi connectivity index (χ4n) is 1.94. The number of likely N-dealkylation sites (N-methyl/N-ethyl adjacent to an activating group) is 1. The zero-order valence-electron chi connectivity index (χ0n) is 13.1. The Morgan fingerprint density at radius 2 is 1.90 bits per heavy atom. The lowest BCUT2D eigenvalue weighted by molar-refractivity contribution is 0.0981. The van der Waals surface area contributed by atoms with Crippen molar-refractivity contribution in [2.45, 2.75) is 39.3 Å². The molecule has 0 aromatic heterocycles. The predicted molar refractivity (Wildman–Crippen MR) is 87.8 cm³/mol. The summed E-state index contributed by atoms with van der Waals surface area (Å²) in [5.41, 5.74) is 7.21. The highest BCUT2D eigenvalue weighted by Crippen LogP contribution is 2.06. The van der Waals surface area contributed by atoms with Gasteiger partial charge in [-0.05, 0) is 18.5 Å². The molecule has 0 aliphatic rings. The first-order valence-electron chi connectivity index (χ1n) is 7.48. The van der Waals surface area contributed by atoms with Crippen molar-refractivity contribution in [3.05, 3.63) is 48.6 Å². The van der Waals surface area contributed by atoms with E-state index in [0.29, 0.717) is 13.0 Å². The van der Waals surface area contributed by atoms with Crippen LogP contribution in [-0.4, -0.2) is 41.8 Å². The summed E-state index contributed by atoms with van der Waals surface area (Å²) in [7, 11) is 0. The SMILES string of the molecule is C=CCN(CC)C[C@@H](O)[C@@H](N)Cc1ccccc1.CC. The molecule has 0 saturated heterocycles. The van der Waals surface area contributed by atoms with Crippen molar-refractivity contribution in [1.29, 1.82) is 0 Å². The number of nitrogens with two attached hydrogens (primary N) is 1. The summed E-state index contributed by atoms with van der Waals surface area (Å²) in [6, 6.07) is 9.80. The third-order valence-electron chi connectivity index (χ3n) is 3.09. The second kappa shape index (κ2) is 11.6. The van der Waals surface area contributed by atoms with Gasteiger partial charge in [-0.1, -0.05) is 57.2 Å². The van der Waals surface area contributed by atoms with Gasteiger partial charge in [-0.3, -0.25) is 4.90 Å². The van der Waals surface area contributed by atoms with Crippen LogP contribution in [0.25, 0.3) is 0 Å². The van der Waals surface area contributed by atoms with E-state index in [4.69, 9.17) is 5.73 Å². The van der Waals surface area contributed by atoms with Crippen molar-refractivity contribution < 1.29 is 5.11 Å². The fourth-order valence-corrected chi connectivity index (χ4v) is 1.94. The molecule has 0 spiro atoms. The molecule has 3 N–H and O–H groups in total. The van der Waals surface area contributed by atoms with Crippen LogP contribution in [0.1, 0.15) is 26.3 Å². The van der Waals surface area contributed by atoms with Gasteiger partial charge in [0.25, 0.3) is 0 Å². The van der Waals surface area contributed by atoms with E-state index in [-0.39, 0.29) is 6.04 Å². The lowest BCUT2D eigenvalue weighted by atomic mass is 10.0. The van der Waals surface area contributed by atoms with E-state index in [0.717, 1.165) is 18.7 Å². The Morgan fingerprint density at radius 3 is 2.40 bits per heavy atom. The van der Waals surface area contributed by atoms with Crippen LogP contribution in [0.4, 0.5) is 0 Å². The Hall–Kier alpha value is -1.16. The molecule has 0 saturated carbocycles. The van der Waals surface area contributed by atoms with Gasteiger partial charge in [0, 0.05) is 19.1 Å². The van der Waals surface area contributed by atoms with E-state index < -0.39 is 6.10 Å². The average Bonchev–Trinajstić information content (AvgIpc) is 2.49. The van der Waals surface area contributed by atoms with Gasteiger partial charge in [0.1, 0.15) is 0 Å². The van der Waals surface area contributed by atoms with Gasteiger partial charge < -0.3 is 10.8 Å². The van der Waals surface area contributed by atoms with E-state index >= 15 is 0 Å². The summed E-state index contributed by atoms with van der Waals surface area (Å²) in [6.45, 7) is 12.0. The van der Waals surface area contributed by atoms with E-state index in [2.05, 4.69) is 18.4 Å². The fraction of sp³-hybridized carbons (Fsp3) is 0.529. The molecule has 114 valence electrons. The van der Waals surface area contributed by atoms with E-state index in [1.807, 2.05) is 50.3 Å². The highest BCUT2D eigenvalue weighted by molar-refractivity contribution is 5.16. The highest BCUT2D eigenvalue weighted by Gasteiger charge is 2.17. The van der Waals surface area contributed by atoms with Crippen molar-refractivity contribution in [3.63, 3.8) is 0 Å². The van der Waals surface area contributed by atoms with Crippen LogP contribution in [0.2, 0.25) is 0 Å². The molecule has 0 unspecified atom stereocenters. The van der Waals surface area contributed by atoms with Gasteiger partial charge in [0.2, 0.25) is 0 Å². The Balaban J connectivity index is 0.00000172. The van der Waals surface area contributed by atoms with Crippen molar-refractivity contribution in [2.75, 3.05) is 19.6 Å². The zero-order chi connectivity index (χ0) is 15.4. The number of hydrogen-bond acceptors (Lipinski definition) is 3. The lowest BCUT2D eigenvalue weighted by Gasteiger charge is -2.26. The van der Waals surface area contributed by atoms with Crippen LogP contribution < -0.4 is 5.73 Å². The number of hydrogen-bond donors (Lipinski definition) is 2.